The molecule has 0 aliphatic rings. The number of methoxy groups -OCH3 is 1. The highest BCUT2D eigenvalue weighted by Crippen LogP contribution is 2.30. The molecule has 0 aliphatic heterocycles. The third kappa shape index (κ3) is 3.22. The van der Waals surface area contributed by atoms with E-state index < -0.39 is 0 Å². The fourth-order valence-corrected chi connectivity index (χ4v) is 3.31. The summed E-state index contributed by atoms with van der Waals surface area (Å²) in [5.41, 5.74) is 2.92. The Labute approximate surface area is 115 Å². The van der Waals surface area contributed by atoms with Crippen LogP contribution in [0.25, 0.3) is 0 Å². The highest BCUT2D eigenvalue weighted by Gasteiger charge is 2.14. The van der Waals surface area contributed by atoms with E-state index in [1.807, 2.05) is 25.2 Å². The molecule has 1 heterocycles. The molecule has 1 N–H and O–H groups in total. The minimum atomic E-state index is 0.232. The normalized spacial score (nSPS) is 12.3. The van der Waals surface area contributed by atoms with Gasteiger partial charge in [0.2, 0.25) is 0 Å². The number of thioether (sulfide) groups is 1. The molecule has 1 atom stereocenters. The van der Waals surface area contributed by atoms with Crippen molar-refractivity contribution in [3.05, 3.63) is 35.3 Å². The van der Waals surface area contributed by atoms with Crippen molar-refractivity contribution in [3.63, 3.8) is 0 Å². The number of hydrogen-bond acceptors (Lipinski definition) is 6. The van der Waals surface area contributed by atoms with E-state index in [2.05, 4.69) is 21.6 Å². The van der Waals surface area contributed by atoms with Crippen molar-refractivity contribution in [2.24, 2.45) is 0 Å². The molecule has 0 amide bonds. The molecular formula is C12H15N3OS2. The molecule has 0 bridgehead atoms. The van der Waals surface area contributed by atoms with E-state index in [0.29, 0.717) is 0 Å². The van der Waals surface area contributed by atoms with E-state index in [9.17, 15) is 0 Å². The average molecular weight is 281 g/mol. The van der Waals surface area contributed by atoms with Crippen molar-refractivity contribution in [1.82, 2.24) is 15.5 Å². The molecule has 1 unspecified atom stereocenters. The van der Waals surface area contributed by atoms with Gasteiger partial charge < -0.3 is 10.1 Å². The maximum Gasteiger partial charge on any atom is 0.174 e. The van der Waals surface area contributed by atoms with Crippen molar-refractivity contribution in [2.45, 2.75) is 10.4 Å². The average Bonchev–Trinajstić information content (AvgIpc) is 2.93. The SMILES string of the molecule is CNC(CSc1nncs1)c1ccccc1OC. The predicted molar refractivity (Wildman–Crippen MR) is 75.4 cm³/mol. The van der Waals surface area contributed by atoms with Gasteiger partial charge >= 0.3 is 0 Å². The molecule has 0 saturated carbocycles. The third-order valence-electron chi connectivity index (χ3n) is 2.58. The Balaban J connectivity index is 2.08. The van der Waals surface area contributed by atoms with Crippen LogP contribution in [0, 0.1) is 0 Å². The van der Waals surface area contributed by atoms with Crippen LogP contribution in [0.1, 0.15) is 11.6 Å². The monoisotopic (exact) mass is 281 g/mol. The Kier molecular flexibility index (Phi) is 4.98. The summed E-state index contributed by atoms with van der Waals surface area (Å²) in [6.07, 6.45) is 0. The first-order valence-electron chi connectivity index (χ1n) is 5.54. The lowest BCUT2D eigenvalue weighted by atomic mass is 10.1. The molecule has 6 heteroatoms. The van der Waals surface area contributed by atoms with Gasteiger partial charge in [-0.3, -0.25) is 0 Å². The maximum atomic E-state index is 5.39. The van der Waals surface area contributed by atoms with E-state index in [0.717, 1.165) is 15.8 Å². The van der Waals surface area contributed by atoms with E-state index in [4.69, 9.17) is 4.74 Å². The fourth-order valence-electron chi connectivity index (χ4n) is 1.66. The lowest BCUT2D eigenvalue weighted by Crippen LogP contribution is -2.19. The topological polar surface area (TPSA) is 47.0 Å². The van der Waals surface area contributed by atoms with Crippen molar-refractivity contribution in [1.29, 1.82) is 0 Å². The molecule has 2 aromatic rings. The van der Waals surface area contributed by atoms with Crippen LogP contribution in [0.5, 0.6) is 5.75 Å². The molecule has 0 aliphatic carbocycles. The lowest BCUT2D eigenvalue weighted by Gasteiger charge is -2.18. The molecular weight excluding hydrogens is 266 g/mol. The number of para-hydroxylation sites is 1. The van der Waals surface area contributed by atoms with Gasteiger partial charge in [-0.2, -0.15) is 0 Å². The summed E-state index contributed by atoms with van der Waals surface area (Å²) in [6, 6.07) is 8.30. The number of benzene rings is 1. The van der Waals surface area contributed by atoms with Crippen LogP contribution in [0.3, 0.4) is 0 Å². The molecule has 96 valence electrons. The number of rotatable bonds is 6. The summed E-state index contributed by atoms with van der Waals surface area (Å²) < 4.78 is 6.38. The molecule has 0 radical (unpaired) electrons. The summed E-state index contributed by atoms with van der Waals surface area (Å²) in [5, 5.41) is 11.2. The van der Waals surface area contributed by atoms with Crippen LogP contribution in [0.2, 0.25) is 0 Å². The quantitative estimate of drug-likeness (QED) is 0.825. The summed E-state index contributed by atoms with van der Waals surface area (Å²) in [4.78, 5) is 0. The molecule has 2 rings (SSSR count). The summed E-state index contributed by atoms with van der Waals surface area (Å²) in [6.45, 7) is 0. The van der Waals surface area contributed by atoms with Gasteiger partial charge in [0.05, 0.1) is 7.11 Å². The molecule has 0 saturated heterocycles. The van der Waals surface area contributed by atoms with Crippen LogP contribution in [0.4, 0.5) is 0 Å². The van der Waals surface area contributed by atoms with Crippen LogP contribution in [0.15, 0.2) is 34.1 Å². The fraction of sp³-hybridized carbons (Fsp3) is 0.333. The Morgan fingerprint density at radius 1 is 1.44 bits per heavy atom. The highest BCUT2D eigenvalue weighted by atomic mass is 32.2. The van der Waals surface area contributed by atoms with Crippen molar-refractivity contribution in [3.8, 4) is 5.75 Å². The smallest absolute Gasteiger partial charge is 0.174 e. The number of nitrogens with one attached hydrogen (secondary N) is 1. The first-order chi connectivity index (χ1) is 8.85. The molecule has 0 fully saturated rings. The molecule has 4 nitrogen and oxygen atoms in total. The van der Waals surface area contributed by atoms with Gasteiger partial charge in [-0.15, -0.1) is 10.2 Å². The Morgan fingerprint density at radius 2 is 2.28 bits per heavy atom. The Bertz CT molecular complexity index is 476. The van der Waals surface area contributed by atoms with E-state index in [-0.39, 0.29) is 6.04 Å². The van der Waals surface area contributed by atoms with Crippen molar-refractivity contribution < 1.29 is 4.74 Å². The Morgan fingerprint density at radius 3 is 2.94 bits per heavy atom. The molecule has 1 aromatic carbocycles. The van der Waals surface area contributed by atoms with Gasteiger partial charge in [0.15, 0.2) is 4.34 Å². The third-order valence-corrected chi connectivity index (χ3v) is 4.53. The number of aromatic nitrogens is 2. The standard InChI is InChI=1S/C12H15N3OS2/c1-13-10(7-17-12-15-14-8-18-12)9-5-3-4-6-11(9)16-2/h3-6,8,10,13H,7H2,1-2H3. The van der Waals surface area contributed by atoms with Crippen LogP contribution >= 0.6 is 23.1 Å². The lowest BCUT2D eigenvalue weighted by molar-refractivity contribution is 0.404. The van der Waals surface area contributed by atoms with Crippen molar-refractivity contribution >= 4 is 23.1 Å². The predicted octanol–water partition coefficient (Wildman–Crippen LogP) is 2.60. The summed E-state index contributed by atoms with van der Waals surface area (Å²) in [7, 11) is 3.65. The second kappa shape index (κ2) is 6.72. The minimum Gasteiger partial charge on any atom is -0.496 e. The number of ether oxygens (including phenoxy) is 1. The van der Waals surface area contributed by atoms with Gasteiger partial charge in [-0.25, -0.2) is 0 Å². The molecule has 0 spiro atoms. The highest BCUT2D eigenvalue weighted by molar-refractivity contribution is 8.01. The largest absolute Gasteiger partial charge is 0.496 e. The van der Waals surface area contributed by atoms with Gasteiger partial charge in [-0.05, 0) is 13.1 Å². The minimum absolute atomic E-state index is 0.232. The van der Waals surface area contributed by atoms with Crippen LogP contribution in [-0.2, 0) is 0 Å². The Hall–Kier alpha value is -1.11. The zero-order valence-electron chi connectivity index (χ0n) is 10.3. The van der Waals surface area contributed by atoms with Gasteiger partial charge in [-0.1, -0.05) is 41.3 Å². The van der Waals surface area contributed by atoms with E-state index >= 15 is 0 Å². The van der Waals surface area contributed by atoms with Gasteiger partial charge in [0, 0.05) is 17.4 Å². The van der Waals surface area contributed by atoms with Crippen LogP contribution in [-0.4, -0.2) is 30.1 Å². The first kappa shape index (κ1) is 13.3. The van der Waals surface area contributed by atoms with Gasteiger partial charge in [0.25, 0.3) is 0 Å². The summed E-state index contributed by atoms with van der Waals surface area (Å²) in [5.74, 6) is 1.81. The first-order valence-corrected chi connectivity index (χ1v) is 7.41. The zero-order valence-corrected chi connectivity index (χ0v) is 11.9. The summed E-state index contributed by atoms with van der Waals surface area (Å²) >= 11 is 3.26. The number of hydrogen-bond donors (Lipinski definition) is 1. The number of nitrogens with zero attached hydrogens (tertiary/aromatic N) is 2. The van der Waals surface area contributed by atoms with Gasteiger partial charge in [0.1, 0.15) is 11.3 Å². The van der Waals surface area contributed by atoms with E-state index in [1.165, 1.54) is 5.56 Å². The molecule has 18 heavy (non-hydrogen) atoms. The molecule has 1 aromatic heterocycles. The van der Waals surface area contributed by atoms with E-state index in [1.54, 1.807) is 35.7 Å². The maximum absolute atomic E-state index is 5.39. The zero-order chi connectivity index (χ0) is 12.8. The second-order valence-corrected chi connectivity index (χ2v) is 5.70. The van der Waals surface area contributed by atoms with Crippen molar-refractivity contribution in [2.75, 3.05) is 19.9 Å². The van der Waals surface area contributed by atoms with Crippen LogP contribution < -0.4 is 10.1 Å². The second-order valence-electron chi connectivity index (χ2n) is 3.60.